The SMILES string of the molecule is O=C(O)c1cccc(NC2CCN(Cc3ccc(F)c(F)c3)CC2)n1. The van der Waals surface area contributed by atoms with Crippen molar-refractivity contribution < 1.29 is 18.7 Å². The van der Waals surface area contributed by atoms with Crippen molar-refractivity contribution in [2.24, 2.45) is 0 Å². The van der Waals surface area contributed by atoms with Crippen LogP contribution in [0.1, 0.15) is 28.9 Å². The van der Waals surface area contributed by atoms with Gasteiger partial charge in [0.25, 0.3) is 0 Å². The van der Waals surface area contributed by atoms with E-state index in [0.29, 0.717) is 12.4 Å². The maximum absolute atomic E-state index is 13.3. The molecule has 1 aliphatic heterocycles. The number of benzene rings is 1. The quantitative estimate of drug-likeness (QED) is 0.870. The van der Waals surface area contributed by atoms with Gasteiger partial charge in [-0.25, -0.2) is 18.6 Å². The van der Waals surface area contributed by atoms with Crippen LogP contribution >= 0.6 is 0 Å². The number of hydrogen-bond donors (Lipinski definition) is 2. The van der Waals surface area contributed by atoms with Crippen molar-refractivity contribution in [3.63, 3.8) is 0 Å². The van der Waals surface area contributed by atoms with Crippen molar-refractivity contribution in [3.05, 3.63) is 59.3 Å². The second-order valence-electron chi connectivity index (χ2n) is 6.16. The zero-order valence-corrected chi connectivity index (χ0v) is 13.6. The molecule has 0 atom stereocenters. The number of carbonyl (C=O) groups is 1. The highest BCUT2D eigenvalue weighted by atomic mass is 19.2. The van der Waals surface area contributed by atoms with Gasteiger partial charge in [0, 0.05) is 25.7 Å². The number of nitrogens with one attached hydrogen (secondary N) is 1. The normalized spacial score (nSPS) is 15.9. The van der Waals surface area contributed by atoms with Crippen molar-refractivity contribution in [1.82, 2.24) is 9.88 Å². The number of carboxylic acids is 1. The molecular weight excluding hydrogens is 328 g/mol. The molecule has 0 aliphatic carbocycles. The molecule has 7 heteroatoms. The van der Waals surface area contributed by atoms with Gasteiger partial charge in [0.1, 0.15) is 5.82 Å². The first-order valence-corrected chi connectivity index (χ1v) is 8.14. The molecule has 1 aromatic heterocycles. The molecule has 2 aromatic rings. The number of carboxylic acid groups (broad SMARTS) is 1. The molecule has 0 spiro atoms. The van der Waals surface area contributed by atoms with E-state index >= 15 is 0 Å². The molecular formula is C18H19F2N3O2. The van der Waals surface area contributed by atoms with Crippen molar-refractivity contribution in [2.45, 2.75) is 25.4 Å². The Morgan fingerprint density at radius 3 is 2.64 bits per heavy atom. The molecule has 0 amide bonds. The number of piperidine rings is 1. The molecule has 0 unspecified atom stereocenters. The van der Waals surface area contributed by atoms with Gasteiger partial charge in [-0.3, -0.25) is 4.90 Å². The largest absolute Gasteiger partial charge is 0.477 e. The average Bonchev–Trinajstić information content (AvgIpc) is 2.60. The number of rotatable bonds is 5. The Kier molecular flexibility index (Phi) is 5.23. The lowest BCUT2D eigenvalue weighted by atomic mass is 10.0. The smallest absolute Gasteiger partial charge is 0.354 e. The van der Waals surface area contributed by atoms with Crippen molar-refractivity contribution in [3.8, 4) is 0 Å². The summed E-state index contributed by atoms with van der Waals surface area (Å²) in [5.41, 5.74) is 0.766. The van der Waals surface area contributed by atoms with Crippen molar-refractivity contribution in [2.75, 3.05) is 18.4 Å². The molecule has 2 heterocycles. The molecule has 0 bridgehead atoms. The Hall–Kier alpha value is -2.54. The highest BCUT2D eigenvalue weighted by Crippen LogP contribution is 2.18. The first kappa shape index (κ1) is 17.3. The number of hydrogen-bond acceptors (Lipinski definition) is 4. The van der Waals surface area contributed by atoms with E-state index in [9.17, 15) is 13.6 Å². The summed E-state index contributed by atoms with van der Waals surface area (Å²) in [4.78, 5) is 17.2. The molecule has 1 aromatic carbocycles. The van der Waals surface area contributed by atoms with Gasteiger partial charge in [0.2, 0.25) is 0 Å². The van der Waals surface area contributed by atoms with Gasteiger partial charge in [0.05, 0.1) is 0 Å². The summed E-state index contributed by atoms with van der Waals surface area (Å²) in [6.45, 7) is 2.21. The number of nitrogens with zero attached hydrogens (tertiary/aromatic N) is 2. The van der Waals surface area contributed by atoms with Gasteiger partial charge < -0.3 is 10.4 Å². The van der Waals surface area contributed by atoms with Crippen LogP contribution in [-0.2, 0) is 6.54 Å². The first-order chi connectivity index (χ1) is 12.0. The van der Waals surface area contributed by atoms with Crippen LogP contribution in [0.15, 0.2) is 36.4 Å². The van der Waals surface area contributed by atoms with E-state index in [0.717, 1.165) is 37.6 Å². The molecule has 132 valence electrons. The summed E-state index contributed by atoms with van der Waals surface area (Å²) >= 11 is 0. The minimum Gasteiger partial charge on any atom is -0.477 e. The molecule has 1 aliphatic rings. The fourth-order valence-electron chi connectivity index (χ4n) is 2.97. The van der Waals surface area contributed by atoms with E-state index in [1.807, 2.05) is 0 Å². The summed E-state index contributed by atoms with van der Waals surface area (Å²) in [5, 5.41) is 12.2. The number of aromatic nitrogens is 1. The number of anilines is 1. The molecule has 5 nitrogen and oxygen atoms in total. The van der Waals surface area contributed by atoms with E-state index in [4.69, 9.17) is 5.11 Å². The average molecular weight is 347 g/mol. The van der Waals surface area contributed by atoms with Gasteiger partial charge in [-0.1, -0.05) is 12.1 Å². The zero-order chi connectivity index (χ0) is 17.8. The summed E-state index contributed by atoms with van der Waals surface area (Å²) in [6, 6.07) is 9.07. The van der Waals surface area contributed by atoms with Crippen LogP contribution in [0.3, 0.4) is 0 Å². The number of pyridine rings is 1. The standard InChI is InChI=1S/C18H19F2N3O2/c19-14-5-4-12(10-15(14)20)11-23-8-6-13(7-9-23)21-17-3-1-2-16(22-17)18(24)25/h1-5,10,13H,6-9,11H2,(H,21,22)(H,24,25). The number of likely N-dealkylation sites (tertiary alicyclic amines) is 1. The predicted molar refractivity (Wildman–Crippen MR) is 89.5 cm³/mol. The highest BCUT2D eigenvalue weighted by molar-refractivity contribution is 5.85. The molecule has 1 saturated heterocycles. The maximum atomic E-state index is 13.3. The van der Waals surface area contributed by atoms with E-state index in [2.05, 4.69) is 15.2 Å². The van der Waals surface area contributed by atoms with E-state index in [1.165, 1.54) is 12.1 Å². The van der Waals surface area contributed by atoms with Crippen molar-refractivity contribution >= 4 is 11.8 Å². The van der Waals surface area contributed by atoms with Crippen molar-refractivity contribution in [1.29, 1.82) is 0 Å². The fourth-order valence-corrected chi connectivity index (χ4v) is 2.97. The third-order valence-electron chi connectivity index (χ3n) is 4.30. The van der Waals surface area contributed by atoms with Gasteiger partial charge in [-0.2, -0.15) is 0 Å². The molecule has 2 N–H and O–H groups in total. The topological polar surface area (TPSA) is 65.5 Å². The monoisotopic (exact) mass is 347 g/mol. The second kappa shape index (κ2) is 7.57. The summed E-state index contributed by atoms with van der Waals surface area (Å²) in [7, 11) is 0. The lowest BCUT2D eigenvalue weighted by molar-refractivity contribution is 0.0690. The molecule has 25 heavy (non-hydrogen) atoms. The number of aromatic carboxylic acids is 1. The Labute approximate surface area is 144 Å². The molecule has 0 radical (unpaired) electrons. The van der Waals surface area contributed by atoms with Gasteiger partial charge >= 0.3 is 5.97 Å². The maximum Gasteiger partial charge on any atom is 0.354 e. The van der Waals surface area contributed by atoms with Crippen LogP contribution in [0.4, 0.5) is 14.6 Å². The van der Waals surface area contributed by atoms with Gasteiger partial charge in [-0.15, -0.1) is 0 Å². The molecule has 3 rings (SSSR count). The van der Waals surface area contributed by atoms with E-state index in [1.54, 1.807) is 18.2 Å². The minimum absolute atomic E-state index is 0.0146. The second-order valence-corrected chi connectivity index (χ2v) is 6.16. The molecule has 0 saturated carbocycles. The Balaban J connectivity index is 1.52. The summed E-state index contributed by atoms with van der Waals surface area (Å²) in [5.74, 6) is -2.15. The van der Waals surface area contributed by atoms with Crippen LogP contribution in [0.2, 0.25) is 0 Å². The van der Waals surface area contributed by atoms with Crippen LogP contribution in [0.25, 0.3) is 0 Å². The first-order valence-electron chi connectivity index (χ1n) is 8.14. The van der Waals surface area contributed by atoms with E-state index < -0.39 is 17.6 Å². The van der Waals surface area contributed by atoms with Gasteiger partial charge in [0.15, 0.2) is 17.3 Å². The lowest BCUT2D eigenvalue weighted by Gasteiger charge is -2.32. The fraction of sp³-hybridized carbons (Fsp3) is 0.333. The van der Waals surface area contributed by atoms with Gasteiger partial charge in [-0.05, 0) is 42.7 Å². The third-order valence-corrected chi connectivity index (χ3v) is 4.30. The predicted octanol–water partition coefficient (Wildman–Crippen LogP) is 3.13. The van der Waals surface area contributed by atoms with Crippen LogP contribution < -0.4 is 5.32 Å². The Bertz CT molecular complexity index is 762. The van der Waals surface area contributed by atoms with Crippen LogP contribution in [0, 0.1) is 11.6 Å². The lowest BCUT2D eigenvalue weighted by Crippen LogP contribution is -2.38. The van der Waals surface area contributed by atoms with E-state index in [-0.39, 0.29) is 11.7 Å². The van der Waals surface area contributed by atoms with Crippen LogP contribution in [-0.4, -0.2) is 40.1 Å². The number of halogens is 2. The zero-order valence-electron chi connectivity index (χ0n) is 13.6. The van der Waals surface area contributed by atoms with Crippen LogP contribution in [0.5, 0.6) is 0 Å². The summed E-state index contributed by atoms with van der Waals surface area (Å²) < 4.78 is 26.2. The Morgan fingerprint density at radius 1 is 1.20 bits per heavy atom. The minimum atomic E-state index is -1.05. The highest BCUT2D eigenvalue weighted by Gasteiger charge is 2.20. The Morgan fingerprint density at radius 2 is 1.96 bits per heavy atom. The summed E-state index contributed by atoms with van der Waals surface area (Å²) in [6.07, 6.45) is 1.73. The third kappa shape index (κ3) is 4.51. The molecule has 1 fully saturated rings.